The molecular weight excluding hydrogens is 408 g/mol. The zero-order valence-corrected chi connectivity index (χ0v) is 20.0. The van der Waals surface area contributed by atoms with Crippen LogP contribution < -0.4 is 14.8 Å². The van der Waals surface area contributed by atoms with E-state index in [-0.39, 0.29) is 5.41 Å². The molecule has 0 unspecified atom stereocenters. The van der Waals surface area contributed by atoms with Crippen LogP contribution in [0.4, 0.5) is 0 Å². The van der Waals surface area contributed by atoms with Crippen LogP contribution in [0, 0.1) is 6.92 Å². The van der Waals surface area contributed by atoms with E-state index in [4.69, 9.17) is 21.1 Å². The van der Waals surface area contributed by atoms with Crippen molar-refractivity contribution in [1.82, 2.24) is 10.2 Å². The van der Waals surface area contributed by atoms with E-state index in [1.165, 1.54) is 11.1 Å². The van der Waals surface area contributed by atoms with Gasteiger partial charge in [0.1, 0.15) is 11.5 Å². The Balaban J connectivity index is 1.54. The Kier molecular flexibility index (Phi) is 9.06. The van der Waals surface area contributed by atoms with Gasteiger partial charge >= 0.3 is 0 Å². The molecule has 0 aliphatic carbocycles. The summed E-state index contributed by atoms with van der Waals surface area (Å²) < 4.78 is 11.8. The molecule has 1 aliphatic rings. The van der Waals surface area contributed by atoms with Gasteiger partial charge in [0.05, 0.1) is 13.2 Å². The minimum Gasteiger partial charge on any atom is -0.494 e. The summed E-state index contributed by atoms with van der Waals surface area (Å²) in [5.41, 5.74) is 3.61. The third kappa shape index (κ3) is 6.86. The summed E-state index contributed by atoms with van der Waals surface area (Å²) >= 11 is 5.75. The highest BCUT2D eigenvalue weighted by Gasteiger charge is 2.24. The summed E-state index contributed by atoms with van der Waals surface area (Å²) in [5, 5.41) is 3.39. The zero-order chi connectivity index (χ0) is 22.1. The second-order valence-corrected chi connectivity index (χ2v) is 9.19. The highest BCUT2D eigenvalue weighted by Crippen LogP contribution is 2.34. The summed E-state index contributed by atoms with van der Waals surface area (Å²) in [6, 6.07) is 15.0. The minimum absolute atomic E-state index is 0.0970. The number of nitrogens with zero attached hydrogens (tertiary/aromatic N) is 1. The van der Waals surface area contributed by atoms with Crippen LogP contribution in [0.25, 0.3) is 0 Å². The number of hydrogen-bond donors (Lipinski definition) is 1. The molecule has 1 fully saturated rings. The lowest BCUT2D eigenvalue weighted by molar-refractivity contribution is 0.214. The van der Waals surface area contributed by atoms with E-state index in [9.17, 15) is 0 Å². The number of hydrogen-bond acceptors (Lipinski definition) is 4. The number of piperazine rings is 1. The molecule has 0 aromatic heterocycles. The van der Waals surface area contributed by atoms with Gasteiger partial charge in [-0.2, -0.15) is 0 Å². The van der Waals surface area contributed by atoms with Crippen LogP contribution in [0.15, 0.2) is 42.5 Å². The Labute approximate surface area is 192 Å². The van der Waals surface area contributed by atoms with Gasteiger partial charge < -0.3 is 19.7 Å². The van der Waals surface area contributed by atoms with E-state index < -0.39 is 0 Å². The van der Waals surface area contributed by atoms with Gasteiger partial charge in [0, 0.05) is 44.0 Å². The summed E-state index contributed by atoms with van der Waals surface area (Å²) in [6.07, 6.45) is 1.92. The van der Waals surface area contributed by atoms with Crippen LogP contribution in [-0.4, -0.2) is 56.7 Å². The lowest BCUT2D eigenvalue weighted by atomic mass is 9.77. The Morgan fingerprint density at radius 1 is 0.935 bits per heavy atom. The first-order valence-corrected chi connectivity index (χ1v) is 12.0. The van der Waals surface area contributed by atoms with Crippen molar-refractivity contribution in [3.05, 3.63) is 59.2 Å². The maximum Gasteiger partial charge on any atom is 0.122 e. The molecule has 1 heterocycles. The lowest BCUT2D eigenvalue weighted by Gasteiger charge is -2.27. The van der Waals surface area contributed by atoms with Gasteiger partial charge in [-0.3, -0.25) is 0 Å². The topological polar surface area (TPSA) is 33.7 Å². The van der Waals surface area contributed by atoms with Crippen molar-refractivity contribution in [2.24, 2.45) is 0 Å². The molecule has 1 aliphatic heterocycles. The molecule has 1 saturated heterocycles. The van der Waals surface area contributed by atoms with Crippen molar-refractivity contribution in [1.29, 1.82) is 0 Å². The standard InChI is InChI=1S/C26H37ClN2O2/c1-21-20-23(8-11-25(21)31-18-4-12-27)26(2,3)22-6-9-24(10-7-22)30-19-5-15-29-16-13-28-14-17-29/h6-11,20,28H,4-5,12-19H2,1-3H3. The molecule has 170 valence electrons. The predicted octanol–water partition coefficient (Wildman–Crippen LogP) is 5.00. The van der Waals surface area contributed by atoms with Crippen molar-refractivity contribution in [3.63, 3.8) is 0 Å². The largest absolute Gasteiger partial charge is 0.494 e. The molecule has 0 atom stereocenters. The molecule has 5 heteroatoms. The van der Waals surface area contributed by atoms with Crippen molar-refractivity contribution >= 4 is 11.6 Å². The molecule has 2 aromatic carbocycles. The van der Waals surface area contributed by atoms with Gasteiger partial charge in [-0.25, -0.2) is 0 Å². The fourth-order valence-electron chi connectivity index (χ4n) is 3.98. The summed E-state index contributed by atoms with van der Waals surface area (Å²) in [6.45, 7) is 13.6. The smallest absolute Gasteiger partial charge is 0.122 e. The number of ether oxygens (including phenoxy) is 2. The fraction of sp³-hybridized carbons (Fsp3) is 0.538. The number of rotatable bonds is 11. The minimum atomic E-state index is -0.0970. The molecule has 2 aromatic rings. The van der Waals surface area contributed by atoms with Crippen molar-refractivity contribution in [2.75, 3.05) is 51.8 Å². The third-order valence-electron chi connectivity index (χ3n) is 6.11. The van der Waals surface area contributed by atoms with E-state index in [2.05, 4.69) is 73.5 Å². The average molecular weight is 445 g/mol. The zero-order valence-electron chi connectivity index (χ0n) is 19.3. The fourth-order valence-corrected chi connectivity index (χ4v) is 4.09. The first kappa shape index (κ1) is 23.9. The highest BCUT2D eigenvalue weighted by molar-refractivity contribution is 6.17. The first-order valence-electron chi connectivity index (χ1n) is 11.5. The monoisotopic (exact) mass is 444 g/mol. The Morgan fingerprint density at radius 2 is 1.61 bits per heavy atom. The maximum atomic E-state index is 5.98. The van der Waals surface area contributed by atoms with Crippen LogP contribution in [0.2, 0.25) is 0 Å². The molecule has 0 saturated carbocycles. The van der Waals surface area contributed by atoms with Crippen LogP contribution in [-0.2, 0) is 5.41 Å². The molecular formula is C26H37ClN2O2. The highest BCUT2D eigenvalue weighted by atomic mass is 35.5. The molecule has 0 amide bonds. The van der Waals surface area contributed by atoms with Crippen LogP contribution in [0.3, 0.4) is 0 Å². The molecule has 3 rings (SSSR count). The van der Waals surface area contributed by atoms with Crippen molar-refractivity contribution in [3.8, 4) is 11.5 Å². The molecule has 1 N–H and O–H groups in total. The predicted molar refractivity (Wildman–Crippen MR) is 130 cm³/mol. The summed E-state index contributed by atoms with van der Waals surface area (Å²) in [4.78, 5) is 2.50. The Hall–Kier alpha value is -1.75. The van der Waals surface area contributed by atoms with Gasteiger partial charge in [0.15, 0.2) is 0 Å². The van der Waals surface area contributed by atoms with Gasteiger partial charge in [-0.1, -0.05) is 38.1 Å². The summed E-state index contributed by atoms with van der Waals surface area (Å²) in [5.74, 6) is 2.51. The number of benzene rings is 2. The number of aryl methyl sites for hydroxylation is 1. The van der Waals surface area contributed by atoms with E-state index in [1.807, 2.05) is 0 Å². The molecule has 4 nitrogen and oxygen atoms in total. The average Bonchev–Trinajstić information content (AvgIpc) is 2.79. The van der Waals surface area contributed by atoms with Gasteiger partial charge in [0.25, 0.3) is 0 Å². The van der Waals surface area contributed by atoms with Crippen molar-refractivity contribution in [2.45, 2.75) is 39.0 Å². The SMILES string of the molecule is Cc1cc(C(C)(C)c2ccc(OCCCN3CCNCC3)cc2)ccc1OCCCCl. The second kappa shape index (κ2) is 11.8. The molecule has 0 spiro atoms. The number of nitrogens with one attached hydrogen (secondary N) is 1. The van der Waals surface area contributed by atoms with Crippen LogP contribution >= 0.6 is 11.6 Å². The lowest BCUT2D eigenvalue weighted by Crippen LogP contribution is -2.43. The molecule has 0 bridgehead atoms. The van der Waals surface area contributed by atoms with Crippen LogP contribution in [0.5, 0.6) is 11.5 Å². The molecule has 31 heavy (non-hydrogen) atoms. The summed E-state index contributed by atoms with van der Waals surface area (Å²) in [7, 11) is 0. The second-order valence-electron chi connectivity index (χ2n) is 8.81. The number of alkyl halides is 1. The van der Waals surface area contributed by atoms with E-state index in [1.54, 1.807) is 0 Å². The van der Waals surface area contributed by atoms with E-state index >= 15 is 0 Å². The van der Waals surface area contributed by atoms with Gasteiger partial charge in [-0.15, -0.1) is 11.6 Å². The van der Waals surface area contributed by atoms with Gasteiger partial charge in [-0.05, 0) is 54.7 Å². The first-order chi connectivity index (χ1) is 15.0. The van der Waals surface area contributed by atoms with E-state index in [0.717, 1.165) is 69.2 Å². The van der Waals surface area contributed by atoms with Crippen molar-refractivity contribution < 1.29 is 9.47 Å². The third-order valence-corrected chi connectivity index (χ3v) is 6.37. The van der Waals surface area contributed by atoms with Crippen LogP contribution in [0.1, 0.15) is 43.4 Å². The van der Waals surface area contributed by atoms with E-state index in [0.29, 0.717) is 12.5 Å². The quantitative estimate of drug-likeness (QED) is 0.390. The maximum absolute atomic E-state index is 5.98. The number of halogens is 1. The van der Waals surface area contributed by atoms with Gasteiger partial charge in [0.2, 0.25) is 0 Å². The normalized spacial score (nSPS) is 15.1. The Morgan fingerprint density at radius 3 is 2.29 bits per heavy atom. The molecule has 0 radical (unpaired) electrons. The Bertz CT molecular complexity index is 802.